The summed E-state index contributed by atoms with van der Waals surface area (Å²) in [6, 6.07) is 6.28. The normalized spacial score (nSPS) is 10.1. The van der Waals surface area contributed by atoms with Crippen molar-refractivity contribution >= 4 is 17.3 Å². The van der Waals surface area contributed by atoms with E-state index in [0.717, 1.165) is 6.07 Å². The number of halogens is 2. The van der Waals surface area contributed by atoms with Gasteiger partial charge in [-0.2, -0.15) is 0 Å². The maximum Gasteiger partial charge on any atom is 0.269 e. The largest absolute Gasteiger partial charge is 0.436 e. The van der Waals surface area contributed by atoms with E-state index in [2.05, 4.69) is 4.98 Å². The Labute approximate surface area is 106 Å². The summed E-state index contributed by atoms with van der Waals surface area (Å²) in [6.45, 7) is 0. The van der Waals surface area contributed by atoms with Crippen LogP contribution in [0.2, 0.25) is 5.02 Å². The molecule has 0 fully saturated rings. The molecule has 0 atom stereocenters. The van der Waals surface area contributed by atoms with Crippen LogP contribution in [-0.2, 0) is 0 Å². The van der Waals surface area contributed by atoms with E-state index in [1.807, 2.05) is 0 Å². The summed E-state index contributed by atoms with van der Waals surface area (Å²) < 4.78 is 18.5. The van der Waals surface area contributed by atoms with Crippen LogP contribution >= 0.6 is 11.6 Å². The molecule has 2 rings (SSSR count). The first kappa shape index (κ1) is 12.3. The van der Waals surface area contributed by atoms with E-state index in [9.17, 15) is 14.5 Å². The highest BCUT2D eigenvalue weighted by molar-refractivity contribution is 6.30. The number of hydrogen-bond acceptors (Lipinski definition) is 4. The number of nitro benzene ring substituents is 1. The predicted molar refractivity (Wildman–Crippen MR) is 62.4 cm³/mol. The minimum atomic E-state index is -0.708. The third-order valence-electron chi connectivity index (χ3n) is 2.04. The maximum atomic E-state index is 13.4. The fourth-order valence-corrected chi connectivity index (χ4v) is 1.37. The molecule has 0 bridgehead atoms. The molecule has 18 heavy (non-hydrogen) atoms. The molecule has 0 aliphatic carbocycles. The van der Waals surface area contributed by atoms with Gasteiger partial charge in [0.05, 0.1) is 9.95 Å². The smallest absolute Gasteiger partial charge is 0.269 e. The number of nitro groups is 1. The van der Waals surface area contributed by atoms with Gasteiger partial charge in [-0.3, -0.25) is 10.1 Å². The second kappa shape index (κ2) is 4.97. The van der Waals surface area contributed by atoms with Gasteiger partial charge in [0.1, 0.15) is 5.75 Å². The van der Waals surface area contributed by atoms with Gasteiger partial charge >= 0.3 is 0 Å². The highest BCUT2D eigenvalue weighted by atomic mass is 35.5. The summed E-state index contributed by atoms with van der Waals surface area (Å²) in [7, 11) is 0. The highest BCUT2D eigenvalue weighted by Gasteiger charge is 2.09. The van der Waals surface area contributed by atoms with Gasteiger partial charge in [0.2, 0.25) is 0 Å². The SMILES string of the molecule is O=[N+]([O-])c1ccc(Oc2ncc(Cl)cc2F)cc1. The Morgan fingerprint density at radius 2 is 2.00 bits per heavy atom. The fourth-order valence-electron chi connectivity index (χ4n) is 1.22. The minimum absolute atomic E-state index is 0.0770. The van der Waals surface area contributed by atoms with E-state index in [1.165, 1.54) is 30.5 Å². The van der Waals surface area contributed by atoms with Gasteiger partial charge in [-0.05, 0) is 18.2 Å². The predicted octanol–water partition coefficient (Wildman–Crippen LogP) is 3.57. The molecule has 0 N–H and O–H groups in total. The third-order valence-corrected chi connectivity index (χ3v) is 2.24. The van der Waals surface area contributed by atoms with E-state index in [1.54, 1.807) is 0 Å². The van der Waals surface area contributed by atoms with Crippen LogP contribution < -0.4 is 4.74 Å². The molecule has 0 aliphatic heterocycles. The lowest BCUT2D eigenvalue weighted by Crippen LogP contribution is -1.92. The first-order valence-corrected chi connectivity index (χ1v) is 5.17. The Morgan fingerprint density at radius 1 is 1.33 bits per heavy atom. The molecule has 0 saturated carbocycles. The fraction of sp³-hybridized carbons (Fsp3) is 0. The lowest BCUT2D eigenvalue weighted by atomic mass is 10.3. The number of non-ortho nitro benzene ring substituents is 1. The Balaban J connectivity index is 2.21. The number of aromatic nitrogens is 1. The van der Waals surface area contributed by atoms with Gasteiger partial charge in [0.25, 0.3) is 11.6 Å². The molecule has 0 saturated heterocycles. The molecule has 1 aromatic heterocycles. The van der Waals surface area contributed by atoms with Crippen LogP contribution in [-0.4, -0.2) is 9.91 Å². The average molecular weight is 269 g/mol. The molecule has 0 unspecified atom stereocenters. The Kier molecular flexibility index (Phi) is 3.38. The Bertz CT molecular complexity index is 589. The lowest BCUT2D eigenvalue weighted by Gasteiger charge is -2.05. The van der Waals surface area contributed by atoms with Crippen LogP contribution in [0.15, 0.2) is 36.5 Å². The second-order valence-electron chi connectivity index (χ2n) is 3.29. The summed E-state index contributed by atoms with van der Waals surface area (Å²) in [6.07, 6.45) is 1.24. The van der Waals surface area contributed by atoms with Crippen molar-refractivity contribution < 1.29 is 14.1 Å². The summed E-state index contributed by atoms with van der Waals surface area (Å²) in [5, 5.41) is 10.6. The molecular weight excluding hydrogens is 263 g/mol. The zero-order valence-corrected chi connectivity index (χ0v) is 9.60. The third kappa shape index (κ3) is 2.72. The quantitative estimate of drug-likeness (QED) is 0.630. The van der Waals surface area contributed by atoms with E-state index in [-0.39, 0.29) is 22.3 Å². The molecule has 1 aromatic carbocycles. The summed E-state index contributed by atoms with van der Waals surface area (Å²) >= 11 is 5.54. The van der Waals surface area contributed by atoms with Crippen molar-refractivity contribution in [1.82, 2.24) is 4.98 Å². The van der Waals surface area contributed by atoms with Crippen molar-refractivity contribution in [3.63, 3.8) is 0 Å². The van der Waals surface area contributed by atoms with E-state index in [0.29, 0.717) is 0 Å². The molecule has 7 heteroatoms. The van der Waals surface area contributed by atoms with Crippen molar-refractivity contribution in [3.05, 3.63) is 57.5 Å². The van der Waals surface area contributed by atoms with Crippen LogP contribution in [0, 0.1) is 15.9 Å². The molecule has 0 amide bonds. The van der Waals surface area contributed by atoms with Crippen LogP contribution in [0.4, 0.5) is 10.1 Å². The minimum Gasteiger partial charge on any atom is -0.436 e. The summed E-state index contributed by atoms with van der Waals surface area (Å²) in [5.41, 5.74) is -0.0770. The maximum absolute atomic E-state index is 13.4. The summed E-state index contributed by atoms with van der Waals surface area (Å²) in [5.74, 6) is -0.705. The molecular formula is C11H6ClFN2O3. The zero-order valence-electron chi connectivity index (χ0n) is 8.84. The van der Waals surface area contributed by atoms with E-state index in [4.69, 9.17) is 16.3 Å². The van der Waals surface area contributed by atoms with Crippen molar-refractivity contribution in [2.24, 2.45) is 0 Å². The molecule has 92 valence electrons. The standard InChI is InChI=1S/C11H6ClFN2O3/c12-7-5-10(13)11(14-6-7)18-9-3-1-8(2-4-9)15(16)17/h1-6H. The van der Waals surface area contributed by atoms with Crippen LogP contribution in [0.1, 0.15) is 0 Å². The average Bonchev–Trinajstić information content (AvgIpc) is 2.33. The van der Waals surface area contributed by atoms with Gasteiger partial charge in [0.15, 0.2) is 5.82 Å². The zero-order chi connectivity index (χ0) is 13.1. The van der Waals surface area contributed by atoms with Gasteiger partial charge < -0.3 is 4.74 Å². The van der Waals surface area contributed by atoms with Crippen molar-refractivity contribution in [2.75, 3.05) is 0 Å². The Hall–Kier alpha value is -2.21. The van der Waals surface area contributed by atoms with Gasteiger partial charge in [-0.25, -0.2) is 9.37 Å². The monoisotopic (exact) mass is 268 g/mol. The van der Waals surface area contributed by atoms with Crippen LogP contribution in [0.25, 0.3) is 0 Å². The first-order valence-electron chi connectivity index (χ1n) is 4.79. The van der Waals surface area contributed by atoms with E-state index >= 15 is 0 Å². The van der Waals surface area contributed by atoms with Crippen molar-refractivity contribution in [1.29, 1.82) is 0 Å². The van der Waals surface area contributed by atoms with Gasteiger partial charge in [-0.15, -0.1) is 0 Å². The van der Waals surface area contributed by atoms with Crippen molar-refractivity contribution in [3.8, 4) is 11.6 Å². The molecule has 1 heterocycles. The number of benzene rings is 1. The number of rotatable bonds is 3. The highest BCUT2D eigenvalue weighted by Crippen LogP contribution is 2.25. The Morgan fingerprint density at radius 3 is 2.56 bits per heavy atom. The molecule has 0 aliphatic rings. The molecule has 5 nitrogen and oxygen atoms in total. The molecule has 0 radical (unpaired) electrons. The summed E-state index contributed by atoms with van der Waals surface area (Å²) in [4.78, 5) is 13.6. The van der Waals surface area contributed by atoms with Crippen LogP contribution in [0.3, 0.4) is 0 Å². The number of pyridine rings is 1. The number of nitrogens with zero attached hydrogens (tertiary/aromatic N) is 2. The number of ether oxygens (including phenoxy) is 1. The molecule has 0 spiro atoms. The topological polar surface area (TPSA) is 65.3 Å². The van der Waals surface area contributed by atoms with Crippen molar-refractivity contribution in [2.45, 2.75) is 0 Å². The lowest BCUT2D eigenvalue weighted by molar-refractivity contribution is -0.384. The first-order chi connectivity index (χ1) is 8.56. The van der Waals surface area contributed by atoms with Gasteiger partial charge in [0, 0.05) is 18.3 Å². The number of hydrogen-bond donors (Lipinski definition) is 0. The second-order valence-corrected chi connectivity index (χ2v) is 3.73. The van der Waals surface area contributed by atoms with Crippen LogP contribution in [0.5, 0.6) is 11.6 Å². The van der Waals surface area contributed by atoms with E-state index < -0.39 is 10.7 Å². The molecule has 2 aromatic rings. The van der Waals surface area contributed by atoms with Gasteiger partial charge in [-0.1, -0.05) is 11.6 Å².